The lowest BCUT2D eigenvalue weighted by molar-refractivity contribution is 0.846. The predicted molar refractivity (Wildman–Crippen MR) is 66.4 cm³/mol. The number of hydrogen-bond acceptors (Lipinski definition) is 1. The highest BCUT2D eigenvalue weighted by molar-refractivity contribution is 5.52. The molecule has 1 rings (SSSR count). The smallest absolute Gasteiger partial charge is 0.0801 e. The number of benzene rings is 1. The lowest BCUT2D eigenvalue weighted by Crippen LogP contribution is -2.00. The summed E-state index contributed by atoms with van der Waals surface area (Å²) in [5.74, 6) is 0.561. The lowest BCUT2D eigenvalue weighted by Gasteiger charge is -2.15. The fraction of sp³-hybridized carbons (Fsp3) is 0.462. The van der Waals surface area contributed by atoms with Gasteiger partial charge in [-0.1, -0.05) is 26.0 Å². The van der Waals surface area contributed by atoms with Gasteiger partial charge in [0.2, 0.25) is 0 Å². The van der Waals surface area contributed by atoms with E-state index in [1.54, 1.807) is 0 Å². The maximum atomic E-state index is 5.28. The molecule has 0 spiro atoms. The molecule has 82 valence electrons. The summed E-state index contributed by atoms with van der Waals surface area (Å²) in [6.07, 6.45) is 1.38. The number of nitrogens with two attached hydrogens (primary N) is 1. The minimum absolute atomic E-state index is 0.561. The summed E-state index contributed by atoms with van der Waals surface area (Å²) in [7, 11) is 0. The normalized spacial score (nSPS) is 11.5. The lowest BCUT2D eigenvalue weighted by atomic mass is 9.91. The van der Waals surface area contributed by atoms with Crippen molar-refractivity contribution < 1.29 is 0 Å². The topological polar surface area (TPSA) is 38.4 Å². The van der Waals surface area contributed by atoms with E-state index in [2.05, 4.69) is 44.8 Å². The zero-order chi connectivity index (χ0) is 11.4. The molecular formula is C13H20N2. The average molecular weight is 204 g/mol. The van der Waals surface area contributed by atoms with Gasteiger partial charge >= 0.3 is 0 Å². The summed E-state index contributed by atoms with van der Waals surface area (Å²) in [5.41, 5.74) is 10.6. The molecule has 0 radical (unpaired) electrons. The predicted octanol–water partition coefficient (Wildman–Crippen LogP) is 2.91. The Morgan fingerprint density at radius 3 is 2.53 bits per heavy atom. The molecule has 1 aromatic rings. The van der Waals surface area contributed by atoms with Gasteiger partial charge in [-0.05, 0) is 42.0 Å². The van der Waals surface area contributed by atoms with Crippen LogP contribution in [0.15, 0.2) is 17.1 Å². The zero-order valence-corrected chi connectivity index (χ0v) is 10.0. The number of nitrogens with zero attached hydrogens (tertiary/aromatic N) is 1. The van der Waals surface area contributed by atoms with Crippen LogP contribution in [0.4, 0.5) is 0 Å². The SMILES string of the molecule is Cc1ccc(C(C)C)c(C)c1CN=CN. The average Bonchev–Trinajstić information content (AvgIpc) is 2.17. The van der Waals surface area contributed by atoms with Crippen molar-refractivity contribution in [3.8, 4) is 0 Å². The van der Waals surface area contributed by atoms with E-state index in [0.717, 1.165) is 0 Å². The quantitative estimate of drug-likeness (QED) is 0.596. The molecule has 0 heterocycles. The summed E-state index contributed by atoms with van der Waals surface area (Å²) in [6.45, 7) is 9.41. The minimum Gasteiger partial charge on any atom is -0.390 e. The van der Waals surface area contributed by atoms with Crippen LogP contribution in [0.25, 0.3) is 0 Å². The van der Waals surface area contributed by atoms with Crippen LogP contribution in [-0.4, -0.2) is 6.34 Å². The Morgan fingerprint density at radius 1 is 1.33 bits per heavy atom. The molecule has 0 aliphatic heterocycles. The number of rotatable bonds is 3. The van der Waals surface area contributed by atoms with Crippen LogP contribution in [0.2, 0.25) is 0 Å². The molecular weight excluding hydrogens is 184 g/mol. The summed E-state index contributed by atoms with van der Waals surface area (Å²) in [5, 5.41) is 0. The first kappa shape index (κ1) is 11.8. The highest BCUT2D eigenvalue weighted by Crippen LogP contribution is 2.24. The van der Waals surface area contributed by atoms with Crippen molar-refractivity contribution in [3.63, 3.8) is 0 Å². The molecule has 0 saturated heterocycles. The summed E-state index contributed by atoms with van der Waals surface area (Å²) >= 11 is 0. The van der Waals surface area contributed by atoms with Gasteiger partial charge in [-0.3, -0.25) is 4.99 Å². The second kappa shape index (κ2) is 4.96. The third-order valence-corrected chi connectivity index (χ3v) is 2.85. The van der Waals surface area contributed by atoms with E-state index in [1.807, 2.05) is 0 Å². The van der Waals surface area contributed by atoms with Gasteiger partial charge < -0.3 is 5.73 Å². The third kappa shape index (κ3) is 2.58. The molecule has 0 atom stereocenters. The van der Waals surface area contributed by atoms with Crippen molar-refractivity contribution >= 4 is 6.34 Å². The molecule has 0 bridgehead atoms. The van der Waals surface area contributed by atoms with E-state index in [0.29, 0.717) is 12.5 Å². The van der Waals surface area contributed by atoms with Crippen LogP contribution < -0.4 is 5.73 Å². The van der Waals surface area contributed by atoms with Crippen LogP contribution in [0.3, 0.4) is 0 Å². The van der Waals surface area contributed by atoms with Gasteiger partial charge in [0.15, 0.2) is 0 Å². The molecule has 15 heavy (non-hydrogen) atoms. The minimum atomic E-state index is 0.561. The second-order valence-corrected chi connectivity index (χ2v) is 4.22. The largest absolute Gasteiger partial charge is 0.390 e. The van der Waals surface area contributed by atoms with Gasteiger partial charge in [0, 0.05) is 0 Å². The van der Waals surface area contributed by atoms with Crippen molar-refractivity contribution in [1.82, 2.24) is 0 Å². The zero-order valence-electron chi connectivity index (χ0n) is 10.0. The van der Waals surface area contributed by atoms with Crippen molar-refractivity contribution in [1.29, 1.82) is 0 Å². The maximum Gasteiger partial charge on any atom is 0.0801 e. The molecule has 1 aromatic carbocycles. The first-order valence-electron chi connectivity index (χ1n) is 5.37. The monoisotopic (exact) mass is 204 g/mol. The Morgan fingerprint density at radius 2 is 2.00 bits per heavy atom. The van der Waals surface area contributed by atoms with E-state index in [4.69, 9.17) is 5.73 Å². The molecule has 0 aliphatic carbocycles. The molecule has 2 nitrogen and oxygen atoms in total. The van der Waals surface area contributed by atoms with E-state index >= 15 is 0 Å². The van der Waals surface area contributed by atoms with Gasteiger partial charge in [-0.25, -0.2) is 0 Å². The molecule has 2 N–H and O–H groups in total. The Balaban J connectivity index is 3.17. The van der Waals surface area contributed by atoms with E-state index in [9.17, 15) is 0 Å². The third-order valence-electron chi connectivity index (χ3n) is 2.85. The first-order chi connectivity index (χ1) is 7.07. The fourth-order valence-electron chi connectivity index (χ4n) is 1.92. The summed E-state index contributed by atoms with van der Waals surface area (Å²) in [4.78, 5) is 4.12. The van der Waals surface area contributed by atoms with Crippen LogP contribution >= 0.6 is 0 Å². The number of hydrogen-bond donors (Lipinski definition) is 1. The van der Waals surface area contributed by atoms with Crippen LogP contribution in [0.1, 0.15) is 42.0 Å². The van der Waals surface area contributed by atoms with Gasteiger partial charge in [-0.15, -0.1) is 0 Å². The molecule has 0 saturated carbocycles. The standard InChI is InChI=1S/C13H20N2/c1-9(2)12-6-5-10(3)13(11(12)4)7-15-8-14/h5-6,8-9H,7H2,1-4H3,(H2,14,15). The van der Waals surface area contributed by atoms with Gasteiger partial charge in [0.25, 0.3) is 0 Å². The molecule has 0 amide bonds. The Bertz CT molecular complexity index is 365. The maximum absolute atomic E-state index is 5.28. The van der Waals surface area contributed by atoms with Gasteiger partial charge in [0.05, 0.1) is 12.9 Å². The molecule has 0 aliphatic rings. The molecule has 2 heteroatoms. The fourth-order valence-corrected chi connectivity index (χ4v) is 1.92. The first-order valence-corrected chi connectivity index (χ1v) is 5.37. The van der Waals surface area contributed by atoms with Crippen molar-refractivity contribution in [2.45, 2.75) is 40.2 Å². The Hall–Kier alpha value is -1.31. The van der Waals surface area contributed by atoms with Crippen LogP contribution in [0, 0.1) is 13.8 Å². The van der Waals surface area contributed by atoms with E-state index in [-0.39, 0.29) is 0 Å². The van der Waals surface area contributed by atoms with Crippen LogP contribution in [0.5, 0.6) is 0 Å². The Kier molecular flexibility index (Phi) is 3.89. The highest BCUT2D eigenvalue weighted by atomic mass is 14.8. The van der Waals surface area contributed by atoms with Crippen molar-refractivity contribution in [2.24, 2.45) is 10.7 Å². The van der Waals surface area contributed by atoms with Gasteiger partial charge in [-0.2, -0.15) is 0 Å². The second-order valence-electron chi connectivity index (χ2n) is 4.22. The highest BCUT2D eigenvalue weighted by Gasteiger charge is 2.09. The molecule has 0 unspecified atom stereocenters. The van der Waals surface area contributed by atoms with E-state index < -0.39 is 0 Å². The van der Waals surface area contributed by atoms with Crippen molar-refractivity contribution in [2.75, 3.05) is 0 Å². The Labute approximate surface area is 92.2 Å². The summed E-state index contributed by atoms with van der Waals surface area (Å²) in [6, 6.07) is 4.38. The summed E-state index contributed by atoms with van der Waals surface area (Å²) < 4.78 is 0. The van der Waals surface area contributed by atoms with Gasteiger partial charge in [0.1, 0.15) is 0 Å². The van der Waals surface area contributed by atoms with Crippen molar-refractivity contribution in [3.05, 3.63) is 34.4 Å². The van der Waals surface area contributed by atoms with Crippen LogP contribution in [-0.2, 0) is 6.54 Å². The van der Waals surface area contributed by atoms with E-state index in [1.165, 1.54) is 28.6 Å². The molecule has 0 aromatic heterocycles. The molecule has 0 fully saturated rings. The number of aryl methyl sites for hydroxylation is 1. The number of aliphatic imine (C=N–C) groups is 1.